The molecule has 0 saturated heterocycles. The zero-order valence-electron chi connectivity index (χ0n) is 11.9. The van der Waals surface area contributed by atoms with Crippen LogP contribution in [-0.2, 0) is 11.2 Å². The average molecular weight is 304 g/mol. The lowest BCUT2D eigenvalue weighted by Gasteiger charge is -2.11. The Morgan fingerprint density at radius 1 is 1.19 bits per heavy atom. The van der Waals surface area contributed by atoms with Crippen LogP contribution in [0.4, 0.5) is 0 Å². The van der Waals surface area contributed by atoms with E-state index in [2.05, 4.69) is 5.32 Å². The molecule has 4 heteroatoms. The van der Waals surface area contributed by atoms with E-state index in [1.165, 1.54) is 0 Å². The summed E-state index contributed by atoms with van der Waals surface area (Å²) in [5.41, 5.74) is 1.92. The number of rotatable bonds is 6. The molecule has 0 heterocycles. The van der Waals surface area contributed by atoms with Gasteiger partial charge in [-0.25, -0.2) is 0 Å². The second-order valence-corrected chi connectivity index (χ2v) is 5.24. The number of carbonyl (C=O) groups is 1. The van der Waals surface area contributed by atoms with E-state index in [1.54, 1.807) is 7.11 Å². The summed E-state index contributed by atoms with van der Waals surface area (Å²) in [6.07, 6.45) is 0.315. The van der Waals surface area contributed by atoms with E-state index in [4.69, 9.17) is 16.3 Å². The number of hydrogen-bond donors (Lipinski definition) is 1. The number of carbonyl (C=O) groups excluding carboxylic acids is 1. The molecule has 3 nitrogen and oxygen atoms in total. The van der Waals surface area contributed by atoms with Gasteiger partial charge in [-0.05, 0) is 23.3 Å². The van der Waals surface area contributed by atoms with E-state index in [-0.39, 0.29) is 11.3 Å². The van der Waals surface area contributed by atoms with Gasteiger partial charge in [0.2, 0.25) is 5.91 Å². The molecule has 2 aromatic rings. The van der Waals surface area contributed by atoms with Crippen LogP contribution in [0.25, 0.3) is 0 Å². The predicted octanol–water partition coefficient (Wildman–Crippen LogP) is 3.33. The van der Waals surface area contributed by atoms with Gasteiger partial charge < -0.3 is 10.1 Å². The molecule has 2 aromatic carbocycles. The van der Waals surface area contributed by atoms with Crippen LogP contribution in [0.15, 0.2) is 54.6 Å². The Bertz CT molecular complexity index is 586. The van der Waals surface area contributed by atoms with Crippen LogP contribution in [0.3, 0.4) is 0 Å². The van der Waals surface area contributed by atoms with Crippen LogP contribution in [0, 0.1) is 0 Å². The highest BCUT2D eigenvalue weighted by Crippen LogP contribution is 2.18. The molecule has 0 aliphatic carbocycles. The molecule has 0 fully saturated rings. The van der Waals surface area contributed by atoms with Crippen molar-refractivity contribution in [2.75, 3.05) is 13.7 Å². The number of ether oxygens (including phenoxy) is 1. The topological polar surface area (TPSA) is 38.3 Å². The molecule has 21 heavy (non-hydrogen) atoms. The van der Waals surface area contributed by atoms with Gasteiger partial charge in [0.15, 0.2) is 0 Å². The number of nitrogens with one attached hydrogen (secondary N) is 1. The highest BCUT2D eigenvalue weighted by Gasteiger charge is 2.10. The third-order valence-electron chi connectivity index (χ3n) is 3.14. The summed E-state index contributed by atoms with van der Waals surface area (Å²) in [6.45, 7) is 0.411. The van der Waals surface area contributed by atoms with Crippen molar-refractivity contribution in [3.05, 3.63) is 65.7 Å². The molecular formula is C17H18ClNO2. The zero-order chi connectivity index (χ0) is 15.1. The lowest BCUT2D eigenvalue weighted by atomic mass is 10.1. The molecule has 1 unspecified atom stereocenters. The maximum Gasteiger partial charge on any atom is 0.224 e. The Labute approximate surface area is 129 Å². The maximum atomic E-state index is 11.9. The van der Waals surface area contributed by atoms with Gasteiger partial charge >= 0.3 is 0 Å². The third-order valence-corrected chi connectivity index (χ3v) is 3.54. The Hall–Kier alpha value is -2.00. The van der Waals surface area contributed by atoms with E-state index in [1.807, 2.05) is 54.6 Å². The van der Waals surface area contributed by atoms with Gasteiger partial charge in [-0.3, -0.25) is 4.79 Å². The summed E-state index contributed by atoms with van der Waals surface area (Å²) in [5, 5.41) is 2.63. The van der Waals surface area contributed by atoms with Crippen LogP contribution < -0.4 is 10.1 Å². The molecule has 1 N–H and O–H groups in total. The van der Waals surface area contributed by atoms with Crippen LogP contribution >= 0.6 is 11.6 Å². The Morgan fingerprint density at radius 2 is 1.95 bits per heavy atom. The van der Waals surface area contributed by atoms with Gasteiger partial charge in [-0.15, -0.1) is 11.6 Å². The van der Waals surface area contributed by atoms with Crippen LogP contribution in [0.2, 0.25) is 0 Å². The lowest BCUT2D eigenvalue weighted by Crippen LogP contribution is -2.28. The maximum absolute atomic E-state index is 11.9. The summed E-state index contributed by atoms with van der Waals surface area (Å²) in [4.78, 5) is 11.9. The van der Waals surface area contributed by atoms with Gasteiger partial charge in [0, 0.05) is 6.54 Å². The molecule has 0 aromatic heterocycles. The first kappa shape index (κ1) is 15.4. The average Bonchev–Trinajstić information content (AvgIpc) is 2.53. The van der Waals surface area contributed by atoms with Gasteiger partial charge in [-0.2, -0.15) is 0 Å². The van der Waals surface area contributed by atoms with Crippen molar-refractivity contribution in [1.29, 1.82) is 0 Å². The van der Waals surface area contributed by atoms with Crippen molar-refractivity contribution in [3.8, 4) is 5.75 Å². The first-order chi connectivity index (χ1) is 10.2. The molecule has 0 aliphatic heterocycles. The minimum absolute atomic E-state index is 0.0511. The summed E-state index contributed by atoms with van der Waals surface area (Å²) in [6, 6.07) is 17.2. The number of benzene rings is 2. The van der Waals surface area contributed by atoms with E-state index in [9.17, 15) is 4.79 Å². The molecule has 0 aliphatic rings. The highest BCUT2D eigenvalue weighted by molar-refractivity contribution is 6.21. The van der Waals surface area contributed by atoms with Crippen molar-refractivity contribution in [2.45, 2.75) is 11.8 Å². The fourth-order valence-electron chi connectivity index (χ4n) is 2.01. The Morgan fingerprint density at radius 3 is 2.67 bits per heavy atom. The zero-order valence-corrected chi connectivity index (χ0v) is 12.6. The summed E-state index contributed by atoms with van der Waals surface area (Å²) < 4.78 is 5.14. The fourth-order valence-corrected chi connectivity index (χ4v) is 2.24. The quantitative estimate of drug-likeness (QED) is 0.831. The standard InChI is InChI=1S/C17H18ClNO2/c1-21-15-9-5-6-13(10-15)11-17(20)19-12-16(18)14-7-3-2-4-8-14/h2-10,16H,11-12H2,1H3,(H,19,20). The van der Waals surface area contributed by atoms with E-state index >= 15 is 0 Å². The predicted molar refractivity (Wildman–Crippen MR) is 84.7 cm³/mol. The Kier molecular flexibility index (Phi) is 5.64. The molecule has 1 atom stereocenters. The molecule has 0 spiro atoms. The molecule has 2 rings (SSSR count). The monoisotopic (exact) mass is 303 g/mol. The van der Waals surface area contributed by atoms with E-state index in [0.29, 0.717) is 13.0 Å². The smallest absolute Gasteiger partial charge is 0.224 e. The number of alkyl halides is 1. The second-order valence-electron chi connectivity index (χ2n) is 4.71. The molecular weight excluding hydrogens is 286 g/mol. The van der Waals surface area contributed by atoms with Gasteiger partial charge in [-0.1, -0.05) is 42.5 Å². The first-order valence-corrected chi connectivity index (χ1v) is 7.21. The minimum atomic E-state index is -0.222. The van der Waals surface area contributed by atoms with Crippen molar-refractivity contribution < 1.29 is 9.53 Å². The molecule has 0 saturated carbocycles. The summed E-state index contributed by atoms with van der Waals surface area (Å²) in [5.74, 6) is 0.699. The third kappa shape index (κ3) is 4.80. The van der Waals surface area contributed by atoms with Gasteiger partial charge in [0.25, 0.3) is 0 Å². The first-order valence-electron chi connectivity index (χ1n) is 6.77. The molecule has 1 amide bonds. The van der Waals surface area contributed by atoms with E-state index in [0.717, 1.165) is 16.9 Å². The SMILES string of the molecule is COc1cccc(CC(=O)NCC(Cl)c2ccccc2)c1. The van der Waals surface area contributed by atoms with Crippen molar-refractivity contribution >= 4 is 17.5 Å². The van der Waals surface area contributed by atoms with Gasteiger partial charge in [0.05, 0.1) is 18.9 Å². The minimum Gasteiger partial charge on any atom is -0.497 e. The highest BCUT2D eigenvalue weighted by atomic mass is 35.5. The van der Waals surface area contributed by atoms with Crippen LogP contribution in [0.5, 0.6) is 5.75 Å². The van der Waals surface area contributed by atoms with Crippen LogP contribution in [-0.4, -0.2) is 19.6 Å². The van der Waals surface area contributed by atoms with Crippen LogP contribution in [0.1, 0.15) is 16.5 Å². The number of halogens is 1. The molecule has 0 bridgehead atoms. The molecule has 0 radical (unpaired) electrons. The largest absolute Gasteiger partial charge is 0.497 e. The lowest BCUT2D eigenvalue weighted by molar-refractivity contribution is -0.120. The van der Waals surface area contributed by atoms with Crippen molar-refractivity contribution in [3.63, 3.8) is 0 Å². The Balaban J connectivity index is 1.84. The fraction of sp³-hybridized carbons (Fsp3) is 0.235. The van der Waals surface area contributed by atoms with E-state index < -0.39 is 0 Å². The van der Waals surface area contributed by atoms with Gasteiger partial charge in [0.1, 0.15) is 5.75 Å². The number of hydrogen-bond acceptors (Lipinski definition) is 2. The number of methoxy groups -OCH3 is 1. The van der Waals surface area contributed by atoms with Crippen molar-refractivity contribution in [2.24, 2.45) is 0 Å². The van der Waals surface area contributed by atoms with Crippen molar-refractivity contribution in [1.82, 2.24) is 5.32 Å². The summed E-state index contributed by atoms with van der Waals surface area (Å²) in [7, 11) is 1.61. The normalized spacial score (nSPS) is 11.7. The summed E-state index contributed by atoms with van der Waals surface area (Å²) >= 11 is 6.27. The number of amides is 1. The molecule has 110 valence electrons. The second kappa shape index (κ2) is 7.70.